The predicted molar refractivity (Wildman–Crippen MR) is 221 cm³/mol. The van der Waals surface area contributed by atoms with E-state index in [0.717, 1.165) is 68.2 Å². The number of nitrogens with zero attached hydrogens (tertiary/aromatic N) is 2. The highest BCUT2D eigenvalue weighted by molar-refractivity contribution is 6.30. The number of carboxylic acid groups (broad SMARTS) is 1. The summed E-state index contributed by atoms with van der Waals surface area (Å²) in [7, 11) is 4.05. The summed E-state index contributed by atoms with van der Waals surface area (Å²) in [5.41, 5.74) is 5.62. The molecule has 2 aromatic carbocycles. The van der Waals surface area contributed by atoms with Crippen molar-refractivity contribution in [1.29, 1.82) is 0 Å². The highest BCUT2D eigenvalue weighted by Crippen LogP contribution is 2.72. The first-order valence-corrected chi connectivity index (χ1v) is 21.1. The Morgan fingerprint density at radius 2 is 1.58 bits per heavy atom. The highest BCUT2D eigenvalue weighted by Gasteiger charge is 2.65. The van der Waals surface area contributed by atoms with Gasteiger partial charge >= 0.3 is 12.0 Å². The van der Waals surface area contributed by atoms with Crippen molar-refractivity contribution in [3.63, 3.8) is 0 Å². The molecule has 7 rings (SSSR count). The molecule has 5 aliphatic rings. The Morgan fingerprint density at radius 3 is 2.22 bits per heavy atom. The number of fused-ring (bicyclic) bond motifs is 7. The van der Waals surface area contributed by atoms with Crippen LogP contribution in [0, 0.1) is 45.8 Å². The normalized spacial score (nSPS) is 32.3. The number of halogens is 1. The summed E-state index contributed by atoms with van der Waals surface area (Å²) < 4.78 is 0. The van der Waals surface area contributed by atoms with Gasteiger partial charge in [-0.25, -0.2) is 9.59 Å². The molecule has 0 radical (unpaired) electrons. The van der Waals surface area contributed by atoms with Crippen LogP contribution in [0.1, 0.15) is 114 Å². The van der Waals surface area contributed by atoms with Gasteiger partial charge in [0.1, 0.15) is 0 Å². The van der Waals surface area contributed by atoms with Crippen LogP contribution >= 0.6 is 11.6 Å². The van der Waals surface area contributed by atoms with Crippen LogP contribution in [0.4, 0.5) is 4.79 Å². The van der Waals surface area contributed by atoms with Gasteiger partial charge in [-0.1, -0.05) is 83.5 Å². The molecule has 7 nitrogen and oxygen atoms in total. The van der Waals surface area contributed by atoms with Crippen LogP contribution in [0.25, 0.3) is 5.57 Å². The monoisotopic (exact) mass is 767 g/mol. The zero-order chi connectivity index (χ0) is 39.7. The number of rotatable bonds is 9. The van der Waals surface area contributed by atoms with E-state index in [2.05, 4.69) is 57.8 Å². The van der Waals surface area contributed by atoms with E-state index in [0.29, 0.717) is 47.9 Å². The number of carbonyl (C=O) groups excluding carboxylic acids is 2. The van der Waals surface area contributed by atoms with Crippen LogP contribution < -0.4 is 5.32 Å². The molecule has 7 unspecified atom stereocenters. The van der Waals surface area contributed by atoms with E-state index < -0.39 is 11.5 Å². The van der Waals surface area contributed by atoms with E-state index in [9.17, 15) is 19.5 Å². The fourth-order valence-electron chi connectivity index (χ4n) is 13.0. The van der Waals surface area contributed by atoms with Crippen LogP contribution in [-0.2, 0) is 11.3 Å². The highest BCUT2D eigenvalue weighted by atomic mass is 35.5. The standard InChI is InChI=1S/C47H62ClN3O4/c1-29(2)40-37(52)27-47(49-43(55)51(26-25-50(7)8)28-30-9-15-33(48)16-10-30)24-20-36-34(41(40)47)17-18-39-45(36,5)23-21-38-44(3,4)35(19-22-46(38,39)6)31-11-13-32(14-12-31)42(53)54/h9-16,19,29,34,36,38-39H,17-18,20-28H2,1-8H3,(H,49,55)(H,53,54). The van der Waals surface area contributed by atoms with Crippen molar-refractivity contribution >= 4 is 35.0 Å². The van der Waals surface area contributed by atoms with E-state index in [1.165, 1.54) is 11.1 Å². The number of benzene rings is 2. The third-order valence-electron chi connectivity index (χ3n) is 15.3. The SMILES string of the molecule is CC(C)C1=C2C3CCC4C(C)(CCC5C(C)(C)C(c6ccc(C(=O)O)cc6)=CCC54C)C3CCC2(NC(=O)N(CCN(C)C)Cc2ccc(Cl)cc2)CC1=O. The van der Waals surface area contributed by atoms with Crippen molar-refractivity contribution < 1.29 is 19.5 Å². The van der Waals surface area contributed by atoms with Gasteiger partial charge in [-0.05, 0) is 157 Å². The number of Topliss-reactive ketones (excluding diaryl/α,β-unsaturated/α-hetero) is 1. The van der Waals surface area contributed by atoms with Crippen molar-refractivity contribution in [3.05, 3.63) is 87.5 Å². The fourth-order valence-corrected chi connectivity index (χ4v) is 13.1. The summed E-state index contributed by atoms with van der Waals surface area (Å²) in [6, 6.07) is 15.1. The molecule has 0 bridgehead atoms. The minimum atomic E-state index is -0.894. The van der Waals surface area contributed by atoms with Gasteiger partial charge in [0.05, 0.1) is 11.1 Å². The summed E-state index contributed by atoms with van der Waals surface area (Å²) in [5.74, 6) is 1.22. The molecule has 0 spiro atoms. The Bertz CT molecular complexity index is 1900. The number of allylic oxidation sites excluding steroid dienone is 3. The van der Waals surface area contributed by atoms with Gasteiger partial charge in [0.2, 0.25) is 0 Å². The van der Waals surface area contributed by atoms with Gasteiger partial charge in [-0.2, -0.15) is 0 Å². The van der Waals surface area contributed by atoms with Crippen LogP contribution in [0.3, 0.4) is 0 Å². The van der Waals surface area contributed by atoms with Crippen LogP contribution in [0.2, 0.25) is 5.02 Å². The molecule has 296 valence electrons. The van der Waals surface area contributed by atoms with Gasteiger partial charge in [0, 0.05) is 31.1 Å². The molecule has 0 saturated heterocycles. The number of hydrogen-bond donors (Lipinski definition) is 2. The van der Waals surface area contributed by atoms with Crippen LogP contribution in [-0.4, -0.2) is 65.4 Å². The number of likely N-dealkylation sites (N-methyl/N-ethyl adjacent to an activating group) is 1. The van der Waals surface area contributed by atoms with Gasteiger partial charge in [-0.15, -0.1) is 0 Å². The second-order valence-electron chi connectivity index (χ2n) is 19.4. The molecule has 0 aliphatic heterocycles. The number of urea groups is 1. The molecule has 55 heavy (non-hydrogen) atoms. The average Bonchev–Trinajstić information content (AvgIpc) is 3.42. The molecule has 5 aliphatic carbocycles. The quantitative estimate of drug-likeness (QED) is 0.265. The van der Waals surface area contributed by atoms with E-state index in [1.54, 1.807) is 12.1 Å². The number of hydrogen-bond acceptors (Lipinski definition) is 4. The predicted octanol–water partition coefficient (Wildman–Crippen LogP) is 10.1. The third-order valence-corrected chi connectivity index (χ3v) is 15.6. The Morgan fingerprint density at radius 1 is 0.891 bits per heavy atom. The number of carbonyl (C=O) groups is 3. The molecule has 2 amide bonds. The van der Waals surface area contributed by atoms with Crippen LogP contribution in [0.5, 0.6) is 0 Å². The smallest absolute Gasteiger partial charge is 0.335 e. The van der Waals surface area contributed by atoms with E-state index in [-0.39, 0.29) is 39.9 Å². The summed E-state index contributed by atoms with van der Waals surface area (Å²) in [6.07, 6.45) is 10.1. The molecule has 0 heterocycles. The third kappa shape index (κ3) is 6.79. The van der Waals surface area contributed by atoms with Gasteiger partial charge in [0.25, 0.3) is 0 Å². The number of nitrogens with one attached hydrogen (secondary N) is 1. The molecule has 2 N–H and O–H groups in total. The molecule has 3 fully saturated rings. The maximum atomic E-state index is 14.5. The minimum Gasteiger partial charge on any atom is -0.478 e. The molecule has 7 atom stereocenters. The van der Waals surface area contributed by atoms with Crippen molar-refractivity contribution in [3.8, 4) is 0 Å². The summed E-state index contributed by atoms with van der Waals surface area (Å²) in [5, 5.41) is 13.8. The lowest BCUT2D eigenvalue weighted by Crippen LogP contribution is -2.63. The molecule has 2 aromatic rings. The second kappa shape index (κ2) is 14.5. The molecule has 8 heteroatoms. The maximum Gasteiger partial charge on any atom is 0.335 e. The first kappa shape index (κ1) is 39.8. The largest absolute Gasteiger partial charge is 0.478 e. The van der Waals surface area contributed by atoms with Crippen LogP contribution in [0.15, 0.2) is 65.8 Å². The van der Waals surface area contributed by atoms with Crippen molar-refractivity contribution in [1.82, 2.24) is 15.1 Å². The number of ketones is 1. The Balaban J connectivity index is 1.18. The zero-order valence-electron chi connectivity index (χ0n) is 34.3. The maximum absolute atomic E-state index is 14.5. The van der Waals surface area contributed by atoms with Crippen molar-refractivity contribution in [2.75, 3.05) is 27.2 Å². The molecule has 3 saturated carbocycles. The van der Waals surface area contributed by atoms with Crippen molar-refractivity contribution in [2.45, 2.75) is 105 Å². The zero-order valence-corrected chi connectivity index (χ0v) is 35.1. The van der Waals surface area contributed by atoms with E-state index in [1.807, 2.05) is 55.4 Å². The Labute approximate surface area is 334 Å². The van der Waals surface area contributed by atoms with Gasteiger partial charge in [0.15, 0.2) is 5.78 Å². The summed E-state index contributed by atoms with van der Waals surface area (Å²) >= 11 is 6.20. The Hall–Kier alpha value is -3.42. The van der Waals surface area contributed by atoms with E-state index >= 15 is 0 Å². The average molecular weight is 768 g/mol. The second-order valence-corrected chi connectivity index (χ2v) is 19.8. The lowest BCUT2D eigenvalue weighted by Gasteiger charge is -2.68. The van der Waals surface area contributed by atoms with E-state index in [4.69, 9.17) is 11.6 Å². The minimum absolute atomic E-state index is 0.0579. The molecular weight excluding hydrogens is 706 g/mol. The number of aromatic carboxylic acids is 1. The lowest BCUT2D eigenvalue weighted by atomic mass is 9.37. The van der Waals surface area contributed by atoms with Gasteiger partial charge in [-0.3, -0.25) is 4.79 Å². The first-order chi connectivity index (χ1) is 25.9. The summed E-state index contributed by atoms with van der Waals surface area (Å²) in [4.78, 5) is 44.2. The van der Waals surface area contributed by atoms with Crippen molar-refractivity contribution in [2.24, 2.45) is 45.8 Å². The number of carboxylic acids is 1. The fraction of sp³-hybridized carbons (Fsp3) is 0.596. The molecular formula is C47H62ClN3O4. The Kier molecular flexibility index (Phi) is 10.5. The lowest BCUT2D eigenvalue weighted by molar-refractivity contribution is -0.153. The number of amides is 2. The topological polar surface area (TPSA) is 89.9 Å². The first-order valence-electron chi connectivity index (χ1n) is 20.7. The summed E-state index contributed by atoms with van der Waals surface area (Å²) in [6.45, 7) is 16.1. The molecule has 0 aromatic heterocycles. The van der Waals surface area contributed by atoms with Gasteiger partial charge < -0.3 is 20.2 Å².